The second-order valence-electron chi connectivity index (χ2n) is 4.19. The van der Waals surface area contributed by atoms with E-state index in [2.05, 4.69) is 16.8 Å². The predicted molar refractivity (Wildman–Crippen MR) is 73.7 cm³/mol. The zero-order valence-corrected chi connectivity index (χ0v) is 10.8. The number of nitrogens with two attached hydrogens (primary N) is 1. The van der Waals surface area contributed by atoms with Gasteiger partial charge in [-0.3, -0.25) is 4.98 Å². The van der Waals surface area contributed by atoms with Crippen LogP contribution < -0.4 is 10.6 Å². The monoisotopic (exact) mass is 249 g/mol. The maximum absolute atomic E-state index is 5.97. The number of hydrogen-bond donors (Lipinski definition) is 1. The van der Waals surface area contributed by atoms with Crippen LogP contribution in [0.5, 0.6) is 0 Å². The van der Waals surface area contributed by atoms with Gasteiger partial charge < -0.3 is 10.6 Å². The molecule has 4 heteroatoms. The molecule has 2 rings (SSSR count). The molecule has 2 N–H and O–H groups in total. The van der Waals surface area contributed by atoms with Gasteiger partial charge in [0.25, 0.3) is 0 Å². The molecular weight excluding hydrogens is 234 g/mol. The molecule has 1 atom stereocenters. The van der Waals surface area contributed by atoms with E-state index in [-0.39, 0.29) is 6.04 Å². The van der Waals surface area contributed by atoms with E-state index in [1.54, 1.807) is 6.20 Å². The van der Waals surface area contributed by atoms with Crippen LogP contribution in [0.2, 0.25) is 5.02 Å². The second-order valence-corrected chi connectivity index (χ2v) is 4.62. The van der Waals surface area contributed by atoms with Crippen molar-refractivity contribution in [3.63, 3.8) is 0 Å². The van der Waals surface area contributed by atoms with Crippen molar-refractivity contribution in [3.05, 3.63) is 35.5 Å². The zero-order valence-electron chi connectivity index (χ0n) is 10.0. The average Bonchev–Trinajstić information content (AvgIpc) is 2.35. The molecule has 0 aliphatic rings. The van der Waals surface area contributed by atoms with Crippen molar-refractivity contribution >= 4 is 28.2 Å². The summed E-state index contributed by atoms with van der Waals surface area (Å²) in [6, 6.07) is 8.05. The summed E-state index contributed by atoms with van der Waals surface area (Å²) >= 11 is 5.97. The lowest BCUT2D eigenvalue weighted by molar-refractivity contribution is 0.697. The van der Waals surface area contributed by atoms with Crippen molar-refractivity contribution in [2.75, 3.05) is 18.5 Å². The SMILES string of the molecule is CC(CN)N(C)c1ccnc2cc(Cl)ccc12. The standard InChI is InChI=1S/C13H16ClN3/c1-9(8-15)17(2)13-5-6-16-12-7-10(14)3-4-11(12)13/h3-7,9H,8,15H2,1-2H3. The number of pyridine rings is 1. The molecule has 17 heavy (non-hydrogen) atoms. The molecule has 0 saturated carbocycles. The fourth-order valence-electron chi connectivity index (χ4n) is 1.81. The van der Waals surface area contributed by atoms with Gasteiger partial charge in [-0.1, -0.05) is 11.6 Å². The first-order valence-corrected chi connectivity index (χ1v) is 5.98. The summed E-state index contributed by atoms with van der Waals surface area (Å²) in [5.74, 6) is 0. The predicted octanol–water partition coefficient (Wildman–Crippen LogP) is 2.67. The van der Waals surface area contributed by atoms with Crippen molar-refractivity contribution in [1.29, 1.82) is 0 Å². The van der Waals surface area contributed by atoms with Crippen LogP contribution in [0.15, 0.2) is 30.5 Å². The molecule has 0 aliphatic heterocycles. The van der Waals surface area contributed by atoms with Gasteiger partial charge in [-0.25, -0.2) is 0 Å². The summed E-state index contributed by atoms with van der Waals surface area (Å²) in [7, 11) is 2.04. The lowest BCUT2D eigenvalue weighted by Crippen LogP contribution is -2.35. The van der Waals surface area contributed by atoms with Crippen LogP contribution in [0.1, 0.15) is 6.92 Å². The fraction of sp³-hybridized carbons (Fsp3) is 0.308. The van der Waals surface area contributed by atoms with Gasteiger partial charge in [0.05, 0.1) is 5.52 Å². The quantitative estimate of drug-likeness (QED) is 0.910. The van der Waals surface area contributed by atoms with Crippen LogP contribution in [0.3, 0.4) is 0 Å². The highest BCUT2D eigenvalue weighted by molar-refractivity contribution is 6.31. The van der Waals surface area contributed by atoms with E-state index >= 15 is 0 Å². The summed E-state index contributed by atoms with van der Waals surface area (Å²) < 4.78 is 0. The molecule has 1 aromatic carbocycles. The molecule has 0 amide bonds. The van der Waals surface area contributed by atoms with Gasteiger partial charge in [-0.05, 0) is 31.2 Å². The maximum atomic E-state index is 5.97. The third-order valence-electron chi connectivity index (χ3n) is 3.06. The Hall–Kier alpha value is -1.32. The molecule has 0 spiro atoms. The number of anilines is 1. The summed E-state index contributed by atoms with van der Waals surface area (Å²) in [5, 5.41) is 1.80. The molecule has 0 bridgehead atoms. The minimum atomic E-state index is 0.288. The highest BCUT2D eigenvalue weighted by atomic mass is 35.5. The molecule has 1 aromatic heterocycles. The number of hydrogen-bond acceptors (Lipinski definition) is 3. The molecule has 1 heterocycles. The third kappa shape index (κ3) is 2.35. The largest absolute Gasteiger partial charge is 0.370 e. The lowest BCUT2D eigenvalue weighted by Gasteiger charge is -2.26. The molecule has 0 aliphatic carbocycles. The number of benzene rings is 1. The van der Waals surface area contributed by atoms with E-state index in [1.165, 1.54) is 0 Å². The van der Waals surface area contributed by atoms with E-state index in [1.807, 2.05) is 31.3 Å². The van der Waals surface area contributed by atoms with Gasteiger partial charge in [0, 0.05) is 41.9 Å². The van der Waals surface area contributed by atoms with Gasteiger partial charge in [0.2, 0.25) is 0 Å². The molecule has 90 valence electrons. The number of aromatic nitrogens is 1. The average molecular weight is 250 g/mol. The Morgan fingerprint density at radius 2 is 2.18 bits per heavy atom. The van der Waals surface area contributed by atoms with Crippen LogP contribution in [-0.2, 0) is 0 Å². The number of fused-ring (bicyclic) bond motifs is 1. The molecule has 0 saturated heterocycles. The Morgan fingerprint density at radius 3 is 2.88 bits per heavy atom. The van der Waals surface area contributed by atoms with Crippen LogP contribution in [0.4, 0.5) is 5.69 Å². The Labute approximate surface area is 106 Å². The zero-order chi connectivity index (χ0) is 12.4. The van der Waals surface area contributed by atoms with Crippen molar-refractivity contribution in [1.82, 2.24) is 4.98 Å². The smallest absolute Gasteiger partial charge is 0.0737 e. The molecule has 0 radical (unpaired) electrons. The van der Waals surface area contributed by atoms with Crippen molar-refractivity contribution in [2.45, 2.75) is 13.0 Å². The Bertz CT molecular complexity index is 527. The Balaban J connectivity index is 2.54. The van der Waals surface area contributed by atoms with Crippen LogP contribution in [0, 0.1) is 0 Å². The highest BCUT2D eigenvalue weighted by Crippen LogP contribution is 2.27. The highest BCUT2D eigenvalue weighted by Gasteiger charge is 2.11. The molecule has 3 nitrogen and oxygen atoms in total. The van der Waals surface area contributed by atoms with Crippen molar-refractivity contribution in [3.8, 4) is 0 Å². The van der Waals surface area contributed by atoms with Gasteiger partial charge in [0.15, 0.2) is 0 Å². The number of likely N-dealkylation sites (N-methyl/N-ethyl adjacent to an activating group) is 1. The molecule has 0 fully saturated rings. The van der Waals surface area contributed by atoms with Crippen molar-refractivity contribution < 1.29 is 0 Å². The first-order chi connectivity index (χ1) is 8.13. The van der Waals surface area contributed by atoms with Gasteiger partial charge in [-0.15, -0.1) is 0 Å². The van der Waals surface area contributed by atoms with Crippen LogP contribution in [0.25, 0.3) is 10.9 Å². The van der Waals surface area contributed by atoms with Gasteiger partial charge in [-0.2, -0.15) is 0 Å². The Morgan fingerprint density at radius 1 is 1.41 bits per heavy atom. The van der Waals surface area contributed by atoms with Gasteiger partial charge >= 0.3 is 0 Å². The van der Waals surface area contributed by atoms with E-state index in [9.17, 15) is 0 Å². The molecule has 2 aromatic rings. The van der Waals surface area contributed by atoms with E-state index < -0.39 is 0 Å². The van der Waals surface area contributed by atoms with Crippen LogP contribution in [-0.4, -0.2) is 24.6 Å². The van der Waals surface area contributed by atoms with Gasteiger partial charge in [0.1, 0.15) is 0 Å². The topological polar surface area (TPSA) is 42.1 Å². The fourth-order valence-corrected chi connectivity index (χ4v) is 1.98. The number of halogens is 1. The van der Waals surface area contributed by atoms with Crippen molar-refractivity contribution in [2.24, 2.45) is 5.73 Å². The summed E-state index contributed by atoms with van der Waals surface area (Å²) in [6.45, 7) is 2.72. The number of nitrogens with zero attached hydrogens (tertiary/aromatic N) is 2. The summed E-state index contributed by atoms with van der Waals surface area (Å²) in [4.78, 5) is 6.49. The Kier molecular flexibility index (Phi) is 3.50. The third-order valence-corrected chi connectivity index (χ3v) is 3.30. The van der Waals surface area contributed by atoms with Crippen LogP contribution >= 0.6 is 11.6 Å². The molecular formula is C13H16ClN3. The second kappa shape index (κ2) is 4.90. The molecule has 1 unspecified atom stereocenters. The first-order valence-electron chi connectivity index (χ1n) is 5.60. The number of rotatable bonds is 3. The minimum Gasteiger partial charge on any atom is -0.370 e. The lowest BCUT2D eigenvalue weighted by atomic mass is 10.1. The minimum absolute atomic E-state index is 0.288. The maximum Gasteiger partial charge on any atom is 0.0737 e. The first kappa shape index (κ1) is 12.1. The van der Waals surface area contributed by atoms with E-state index in [4.69, 9.17) is 17.3 Å². The normalized spacial score (nSPS) is 12.7. The van der Waals surface area contributed by atoms with E-state index in [0.29, 0.717) is 11.6 Å². The summed E-state index contributed by atoms with van der Waals surface area (Å²) in [6.07, 6.45) is 1.80. The van der Waals surface area contributed by atoms with E-state index in [0.717, 1.165) is 16.6 Å². The summed E-state index contributed by atoms with van der Waals surface area (Å²) in [5.41, 5.74) is 7.74.